The minimum absolute atomic E-state index is 0.620. The van der Waals surface area contributed by atoms with Gasteiger partial charge in [0.25, 0.3) is 0 Å². The summed E-state index contributed by atoms with van der Waals surface area (Å²) < 4.78 is 2.25. The molecule has 1 N–H and O–H groups in total. The number of aromatic nitrogens is 3. The third-order valence-corrected chi connectivity index (χ3v) is 7.21. The molecule has 2 fully saturated rings. The molecule has 1 saturated heterocycles. The predicted molar refractivity (Wildman–Crippen MR) is 117 cm³/mol. The minimum atomic E-state index is 0.620. The lowest BCUT2D eigenvalue weighted by Gasteiger charge is -2.43. The van der Waals surface area contributed by atoms with Crippen molar-refractivity contribution in [2.24, 2.45) is 16.8 Å². The van der Waals surface area contributed by atoms with Crippen molar-refractivity contribution in [2.45, 2.75) is 78.4 Å². The molecule has 2 aliphatic heterocycles. The van der Waals surface area contributed by atoms with Crippen LogP contribution in [-0.4, -0.2) is 69.3 Å². The van der Waals surface area contributed by atoms with Crippen LogP contribution in [0.3, 0.4) is 0 Å². The summed E-state index contributed by atoms with van der Waals surface area (Å²) in [6.45, 7) is 13.9. The van der Waals surface area contributed by atoms with Crippen LogP contribution >= 0.6 is 0 Å². The van der Waals surface area contributed by atoms with E-state index in [0.29, 0.717) is 6.54 Å². The van der Waals surface area contributed by atoms with E-state index in [0.717, 1.165) is 81.2 Å². The van der Waals surface area contributed by atoms with Gasteiger partial charge in [0.2, 0.25) is 0 Å². The van der Waals surface area contributed by atoms with Crippen LogP contribution in [0.5, 0.6) is 0 Å². The molecule has 0 amide bonds. The largest absolute Gasteiger partial charge is 0.357 e. The van der Waals surface area contributed by atoms with Crippen molar-refractivity contribution in [3.63, 3.8) is 0 Å². The van der Waals surface area contributed by atoms with Gasteiger partial charge in [-0.25, -0.2) is 4.99 Å². The van der Waals surface area contributed by atoms with Crippen molar-refractivity contribution in [2.75, 3.05) is 32.7 Å². The van der Waals surface area contributed by atoms with Crippen LogP contribution in [-0.2, 0) is 19.5 Å². The Morgan fingerprint density at radius 2 is 1.83 bits per heavy atom. The number of rotatable bonds is 5. The van der Waals surface area contributed by atoms with Gasteiger partial charge in [0.05, 0.1) is 0 Å². The number of piperazine rings is 1. The highest BCUT2D eigenvalue weighted by Gasteiger charge is 2.30. The smallest absolute Gasteiger partial charge is 0.194 e. The number of aryl methyl sites for hydroxylation is 1. The monoisotopic (exact) mass is 401 g/mol. The van der Waals surface area contributed by atoms with Gasteiger partial charge in [-0.1, -0.05) is 13.8 Å². The third-order valence-electron chi connectivity index (χ3n) is 7.21. The lowest BCUT2D eigenvalue weighted by atomic mass is 9.79. The molecule has 0 unspecified atom stereocenters. The van der Waals surface area contributed by atoms with Gasteiger partial charge < -0.3 is 14.8 Å². The zero-order chi connectivity index (χ0) is 20.2. The van der Waals surface area contributed by atoms with E-state index in [4.69, 9.17) is 4.99 Å². The van der Waals surface area contributed by atoms with Crippen molar-refractivity contribution in [1.29, 1.82) is 0 Å². The van der Waals surface area contributed by atoms with Gasteiger partial charge in [0, 0.05) is 51.7 Å². The summed E-state index contributed by atoms with van der Waals surface area (Å²) in [6.07, 6.45) is 7.83. The molecule has 1 aromatic heterocycles. The van der Waals surface area contributed by atoms with Gasteiger partial charge >= 0.3 is 0 Å². The molecule has 29 heavy (non-hydrogen) atoms. The van der Waals surface area contributed by atoms with Crippen molar-refractivity contribution < 1.29 is 0 Å². The van der Waals surface area contributed by atoms with Crippen LogP contribution in [0.4, 0.5) is 0 Å². The number of hydrogen-bond acceptors (Lipinski definition) is 4. The lowest BCUT2D eigenvalue weighted by molar-refractivity contribution is 0.0864. The molecule has 3 heterocycles. The SMILES string of the molecule is CCNC(=NCc1nnc2n1CCC2)N1CCN(C2CCC(C(C)C)CC2)CC1. The van der Waals surface area contributed by atoms with Gasteiger partial charge in [-0.05, 0) is 50.9 Å². The van der Waals surface area contributed by atoms with Gasteiger partial charge in [-0.2, -0.15) is 0 Å². The first-order valence-corrected chi connectivity index (χ1v) is 11.8. The van der Waals surface area contributed by atoms with Gasteiger partial charge in [0.15, 0.2) is 11.8 Å². The second-order valence-electron chi connectivity index (χ2n) is 9.29. The Balaban J connectivity index is 1.30. The first-order chi connectivity index (χ1) is 14.2. The molecule has 0 radical (unpaired) electrons. The highest BCUT2D eigenvalue weighted by molar-refractivity contribution is 5.80. The average Bonchev–Trinajstić information content (AvgIpc) is 3.36. The highest BCUT2D eigenvalue weighted by atomic mass is 15.4. The Morgan fingerprint density at radius 3 is 2.52 bits per heavy atom. The fourth-order valence-electron chi connectivity index (χ4n) is 5.33. The van der Waals surface area contributed by atoms with Crippen LogP contribution in [0, 0.1) is 11.8 Å². The molecule has 1 aliphatic carbocycles. The zero-order valence-corrected chi connectivity index (χ0v) is 18.6. The maximum Gasteiger partial charge on any atom is 0.194 e. The van der Waals surface area contributed by atoms with Crippen LogP contribution in [0.1, 0.15) is 64.5 Å². The summed E-state index contributed by atoms with van der Waals surface area (Å²) in [7, 11) is 0. The average molecular weight is 402 g/mol. The Labute approximate surface area is 176 Å². The van der Waals surface area contributed by atoms with Crippen LogP contribution in [0.25, 0.3) is 0 Å². The Bertz CT molecular complexity index is 679. The van der Waals surface area contributed by atoms with E-state index in [-0.39, 0.29) is 0 Å². The molecule has 0 spiro atoms. The first-order valence-electron chi connectivity index (χ1n) is 11.8. The predicted octanol–water partition coefficient (Wildman–Crippen LogP) is 2.52. The molecule has 7 nitrogen and oxygen atoms in total. The highest BCUT2D eigenvalue weighted by Crippen LogP contribution is 2.32. The molecular weight excluding hydrogens is 362 g/mol. The fraction of sp³-hybridized carbons (Fsp3) is 0.864. The Morgan fingerprint density at radius 1 is 1.07 bits per heavy atom. The molecule has 7 heteroatoms. The maximum atomic E-state index is 4.91. The van der Waals surface area contributed by atoms with Crippen LogP contribution in [0.15, 0.2) is 4.99 Å². The third kappa shape index (κ3) is 4.76. The van der Waals surface area contributed by atoms with E-state index >= 15 is 0 Å². The summed E-state index contributed by atoms with van der Waals surface area (Å²) in [4.78, 5) is 10.1. The number of nitrogens with one attached hydrogen (secondary N) is 1. The summed E-state index contributed by atoms with van der Waals surface area (Å²) in [6, 6.07) is 0.797. The van der Waals surface area contributed by atoms with Crippen molar-refractivity contribution in [1.82, 2.24) is 29.9 Å². The minimum Gasteiger partial charge on any atom is -0.357 e. The molecule has 0 bridgehead atoms. The lowest BCUT2D eigenvalue weighted by Crippen LogP contribution is -2.55. The fourth-order valence-corrected chi connectivity index (χ4v) is 5.33. The quantitative estimate of drug-likeness (QED) is 0.607. The van der Waals surface area contributed by atoms with E-state index in [9.17, 15) is 0 Å². The van der Waals surface area contributed by atoms with E-state index in [1.807, 2.05) is 0 Å². The standard InChI is InChI=1S/C22H39N7/c1-4-23-22(24-16-21-26-25-20-6-5-11-29(20)21)28-14-12-27(13-15-28)19-9-7-18(8-10-19)17(2)3/h17-19H,4-16H2,1-3H3,(H,23,24). The van der Waals surface area contributed by atoms with E-state index < -0.39 is 0 Å². The molecular formula is C22H39N7. The molecule has 162 valence electrons. The summed E-state index contributed by atoms with van der Waals surface area (Å²) in [5, 5.41) is 12.2. The molecule has 3 aliphatic rings. The van der Waals surface area contributed by atoms with Gasteiger partial charge in [-0.15, -0.1) is 10.2 Å². The number of hydrogen-bond donors (Lipinski definition) is 1. The zero-order valence-electron chi connectivity index (χ0n) is 18.6. The second kappa shape index (κ2) is 9.45. The number of guanidine groups is 1. The number of aliphatic imine (C=N–C) groups is 1. The number of fused-ring (bicyclic) bond motifs is 1. The summed E-state index contributed by atoms with van der Waals surface area (Å²) in [5.41, 5.74) is 0. The molecule has 4 rings (SSSR count). The molecule has 1 aromatic rings. The maximum absolute atomic E-state index is 4.91. The molecule has 0 aromatic carbocycles. The van der Waals surface area contributed by atoms with Crippen molar-refractivity contribution in [3.05, 3.63) is 11.6 Å². The van der Waals surface area contributed by atoms with Crippen molar-refractivity contribution >= 4 is 5.96 Å². The summed E-state index contributed by atoms with van der Waals surface area (Å²) in [5.74, 6) is 4.96. The topological polar surface area (TPSA) is 61.6 Å². The van der Waals surface area contributed by atoms with Gasteiger partial charge in [0.1, 0.15) is 12.4 Å². The Hall–Kier alpha value is -1.63. The van der Waals surface area contributed by atoms with Crippen LogP contribution < -0.4 is 5.32 Å². The van der Waals surface area contributed by atoms with E-state index in [1.54, 1.807) is 0 Å². The van der Waals surface area contributed by atoms with Crippen LogP contribution in [0.2, 0.25) is 0 Å². The van der Waals surface area contributed by atoms with E-state index in [2.05, 4.69) is 50.7 Å². The molecule has 0 atom stereocenters. The van der Waals surface area contributed by atoms with Crippen molar-refractivity contribution in [3.8, 4) is 0 Å². The summed E-state index contributed by atoms with van der Waals surface area (Å²) >= 11 is 0. The Kier molecular flexibility index (Phi) is 6.73. The van der Waals surface area contributed by atoms with Gasteiger partial charge in [-0.3, -0.25) is 4.90 Å². The molecule has 1 saturated carbocycles. The van der Waals surface area contributed by atoms with E-state index in [1.165, 1.54) is 32.1 Å². The number of nitrogens with zero attached hydrogens (tertiary/aromatic N) is 6. The normalized spacial score (nSPS) is 26.2. The first kappa shape index (κ1) is 20.6. The second-order valence-corrected chi connectivity index (χ2v) is 9.29.